The summed E-state index contributed by atoms with van der Waals surface area (Å²) >= 11 is 0. The van der Waals surface area contributed by atoms with Crippen molar-refractivity contribution in [3.05, 3.63) is 81.9 Å². The Kier molecular flexibility index (Phi) is 6.13. The van der Waals surface area contributed by atoms with E-state index in [-0.39, 0.29) is 28.3 Å². The third kappa shape index (κ3) is 4.37. The fourth-order valence-electron chi connectivity index (χ4n) is 3.28. The monoisotopic (exact) mass is 471 g/mol. The molecule has 0 aliphatic rings. The van der Waals surface area contributed by atoms with E-state index in [9.17, 15) is 28.1 Å². The van der Waals surface area contributed by atoms with Crippen LogP contribution in [-0.4, -0.2) is 32.0 Å². The third-order valence-corrected chi connectivity index (χ3v) is 4.83. The quantitative estimate of drug-likeness (QED) is 0.299. The SMILES string of the molecule is CCOc1ccc(NC(=O)c2cnn3c(C(F)F)cc(-c4ccc(F)cc4)nc23)c([N+](=O)[O-])c1. The molecule has 1 amide bonds. The van der Waals surface area contributed by atoms with Gasteiger partial charge in [0.1, 0.15) is 28.5 Å². The molecule has 12 heteroatoms. The molecule has 34 heavy (non-hydrogen) atoms. The highest BCUT2D eigenvalue weighted by atomic mass is 19.3. The van der Waals surface area contributed by atoms with E-state index >= 15 is 0 Å². The Balaban J connectivity index is 1.77. The number of hydrogen-bond donors (Lipinski definition) is 1. The van der Waals surface area contributed by atoms with Gasteiger partial charge in [0.05, 0.1) is 29.5 Å². The zero-order valence-electron chi connectivity index (χ0n) is 17.5. The fourth-order valence-corrected chi connectivity index (χ4v) is 3.28. The standard InChI is InChI=1S/C22H16F3N5O4/c1-2-34-14-7-8-16(18(9-14)30(32)33)28-22(31)15-11-26-29-19(20(24)25)10-17(27-21(15)29)12-3-5-13(23)6-4-12/h3-11,20H,2H2,1H3,(H,28,31). The Bertz CT molecular complexity index is 1390. The Hall–Kier alpha value is -4.48. The molecular formula is C22H16F3N5O4. The number of hydrogen-bond acceptors (Lipinski definition) is 6. The van der Waals surface area contributed by atoms with Crippen molar-refractivity contribution in [2.75, 3.05) is 11.9 Å². The summed E-state index contributed by atoms with van der Waals surface area (Å²) in [5, 5.41) is 17.7. The van der Waals surface area contributed by atoms with Crippen molar-refractivity contribution >= 4 is 22.9 Å². The van der Waals surface area contributed by atoms with Crippen LogP contribution in [0.5, 0.6) is 5.75 Å². The van der Waals surface area contributed by atoms with Gasteiger partial charge in [0, 0.05) is 5.56 Å². The van der Waals surface area contributed by atoms with Gasteiger partial charge in [-0.15, -0.1) is 0 Å². The summed E-state index contributed by atoms with van der Waals surface area (Å²) in [6, 6.07) is 10.0. The first-order valence-corrected chi connectivity index (χ1v) is 9.93. The van der Waals surface area contributed by atoms with Gasteiger partial charge in [-0.3, -0.25) is 14.9 Å². The molecule has 2 heterocycles. The molecule has 0 bridgehead atoms. The second-order valence-corrected chi connectivity index (χ2v) is 6.99. The lowest BCUT2D eigenvalue weighted by Crippen LogP contribution is -2.14. The van der Waals surface area contributed by atoms with Crippen LogP contribution in [0, 0.1) is 15.9 Å². The zero-order valence-corrected chi connectivity index (χ0v) is 17.5. The number of nitrogens with one attached hydrogen (secondary N) is 1. The van der Waals surface area contributed by atoms with E-state index in [1.165, 1.54) is 24.3 Å². The van der Waals surface area contributed by atoms with E-state index in [4.69, 9.17) is 4.74 Å². The molecular weight excluding hydrogens is 455 g/mol. The van der Waals surface area contributed by atoms with E-state index in [2.05, 4.69) is 15.4 Å². The number of rotatable bonds is 7. The molecule has 0 saturated heterocycles. The van der Waals surface area contributed by atoms with E-state index in [1.54, 1.807) is 6.92 Å². The summed E-state index contributed by atoms with van der Waals surface area (Å²) in [4.78, 5) is 28.0. The number of anilines is 1. The summed E-state index contributed by atoms with van der Waals surface area (Å²) in [6.07, 6.45) is -1.91. The fraction of sp³-hybridized carbons (Fsp3) is 0.136. The predicted octanol–water partition coefficient (Wildman–Crippen LogP) is 5.03. The number of aromatic nitrogens is 3. The number of nitro groups is 1. The van der Waals surface area contributed by atoms with Crippen molar-refractivity contribution in [2.24, 2.45) is 0 Å². The summed E-state index contributed by atoms with van der Waals surface area (Å²) < 4.78 is 46.8. The topological polar surface area (TPSA) is 112 Å². The van der Waals surface area contributed by atoms with Gasteiger partial charge in [-0.2, -0.15) is 5.10 Å². The Morgan fingerprint density at radius 2 is 1.94 bits per heavy atom. The van der Waals surface area contributed by atoms with Gasteiger partial charge in [-0.05, 0) is 49.4 Å². The summed E-state index contributed by atoms with van der Waals surface area (Å²) in [7, 11) is 0. The van der Waals surface area contributed by atoms with Gasteiger partial charge in [-0.1, -0.05) is 0 Å². The summed E-state index contributed by atoms with van der Waals surface area (Å²) in [5.74, 6) is -1.11. The van der Waals surface area contributed by atoms with Crippen LogP contribution < -0.4 is 10.1 Å². The maximum atomic E-state index is 13.7. The highest BCUT2D eigenvalue weighted by Gasteiger charge is 2.24. The maximum absolute atomic E-state index is 13.7. The van der Waals surface area contributed by atoms with Crippen LogP contribution in [0.15, 0.2) is 54.7 Å². The van der Waals surface area contributed by atoms with Crippen LogP contribution in [0.2, 0.25) is 0 Å². The van der Waals surface area contributed by atoms with Crippen molar-refractivity contribution in [1.82, 2.24) is 14.6 Å². The van der Waals surface area contributed by atoms with Crippen LogP contribution >= 0.6 is 0 Å². The van der Waals surface area contributed by atoms with Crippen LogP contribution in [0.3, 0.4) is 0 Å². The normalized spacial score (nSPS) is 11.1. The molecule has 0 radical (unpaired) electrons. The van der Waals surface area contributed by atoms with Crippen molar-refractivity contribution in [1.29, 1.82) is 0 Å². The van der Waals surface area contributed by atoms with Crippen molar-refractivity contribution in [2.45, 2.75) is 13.3 Å². The largest absolute Gasteiger partial charge is 0.494 e. The summed E-state index contributed by atoms with van der Waals surface area (Å²) in [6.45, 7) is 2.01. The molecule has 0 spiro atoms. The van der Waals surface area contributed by atoms with Crippen LogP contribution in [-0.2, 0) is 0 Å². The molecule has 4 rings (SSSR count). The Labute approximate surface area is 190 Å². The average Bonchev–Trinajstić information content (AvgIpc) is 3.24. The number of fused-ring (bicyclic) bond motifs is 1. The number of ether oxygens (including phenoxy) is 1. The predicted molar refractivity (Wildman–Crippen MR) is 116 cm³/mol. The number of benzene rings is 2. The minimum atomic E-state index is -2.95. The minimum absolute atomic E-state index is 0.0735. The number of amides is 1. The molecule has 1 N–H and O–H groups in total. The van der Waals surface area contributed by atoms with Gasteiger partial charge in [-0.25, -0.2) is 22.7 Å². The minimum Gasteiger partial charge on any atom is -0.494 e. The van der Waals surface area contributed by atoms with Gasteiger partial charge < -0.3 is 10.1 Å². The van der Waals surface area contributed by atoms with E-state index in [0.29, 0.717) is 12.2 Å². The zero-order chi connectivity index (χ0) is 24.4. The molecule has 9 nitrogen and oxygen atoms in total. The van der Waals surface area contributed by atoms with Gasteiger partial charge in [0.15, 0.2) is 5.65 Å². The van der Waals surface area contributed by atoms with Crippen LogP contribution in [0.25, 0.3) is 16.9 Å². The van der Waals surface area contributed by atoms with E-state index < -0.39 is 34.5 Å². The second kappa shape index (κ2) is 9.17. The lowest BCUT2D eigenvalue weighted by atomic mass is 10.1. The second-order valence-electron chi connectivity index (χ2n) is 6.99. The van der Waals surface area contributed by atoms with Gasteiger partial charge in [0.2, 0.25) is 0 Å². The average molecular weight is 471 g/mol. The van der Waals surface area contributed by atoms with Crippen LogP contribution in [0.4, 0.5) is 24.5 Å². The number of carbonyl (C=O) groups is 1. The van der Waals surface area contributed by atoms with E-state index in [1.807, 2.05) is 0 Å². The number of nitro benzene ring substituents is 1. The number of nitrogens with zero attached hydrogens (tertiary/aromatic N) is 4. The first-order valence-electron chi connectivity index (χ1n) is 9.93. The lowest BCUT2D eigenvalue weighted by Gasteiger charge is -2.10. The number of alkyl halides is 2. The van der Waals surface area contributed by atoms with E-state index in [0.717, 1.165) is 35.0 Å². The maximum Gasteiger partial charge on any atom is 0.296 e. The molecule has 0 fully saturated rings. The first-order chi connectivity index (χ1) is 16.3. The molecule has 2 aromatic carbocycles. The highest BCUT2D eigenvalue weighted by molar-refractivity contribution is 6.09. The third-order valence-electron chi connectivity index (χ3n) is 4.83. The molecule has 0 aliphatic carbocycles. The smallest absolute Gasteiger partial charge is 0.296 e. The van der Waals surface area contributed by atoms with Crippen molar-refractivity contribution < 1.29 is 27.6 Å². The van der Waals surface area contributed by atoms with Crippen molar-refractivity contribution in [3.8, 4) is 17.0 Å². The van der Waals surface area contributed by atoms with Gasteiger partial charge in [0.25, 0.3) is 18.0 Å². The molecule has 174 valence electrons. The van der Waals surface area contributed by atoms with Crippen LogP contribution in [0.1, 0.15) is 29.4 Å². The molecule has 0 unspecified atom stereocenters. The summed E-state index contributed by atoms with van der Waals surface area (Å²) in [5.41, 5.74) is -1.02. The lowest BCUT2D eigenvalue weighted by molar-refractivity contribution is -0.384. The number of halogens is 3. The highest BCUT2D eigenvalue weighted by Crippen LogP contribution is 2.31. The number of carbonyl (C=O) groups excluding carboxylic acids is 1. The molecule has 0 aliphatic heterocycles. The molecule has 0 saturated carbocycles. The molecule has 4 aromatic rings. The molecule has 0 atom stereocenters. The Morgan fingerprint density at radius 1 is 1.21 bits per heavy atom. The Morgan fingerprint density at radius 3 is 2.59 bits per heavy atom. The first kappa shape index (κ1) is 22.7. The molecule has 2 aromatic heterocycles. The van der Waals surface area contributed by atoms with Gasteiger partial charge >= 0.3 is 0 Å². The van der Waals surface area contributed by atoms with Crippen molar-refractivity contribution in [3.63, 3.8) is 0 Å².